The Kier molecular flexibility index (Phi) is 2.36. The molecular formula is C13H18O. The predicted octanol–water partition coefficient (Wildman–Crippen LogP) is 2.64. The minimum absolute atomic E-state index is 0.379. The van der Waals surface area contributed by atoms with Gasteiger partial charge in [-0.2, -0.15) is 0 Å². The highest BCUT2D eigenvalue weighted by Gasteiger charge is 2.54. The molecule has 2 atom stereocenters. The Morgan fingerprint density at radius 3 is 2.50 bits per heavy atom. The second kappa shape index (κ2) is 3.39. The Balaban J connectivity index is 1.97. The third-order valence-corrected chi connectivity index (χ3v) is 3.44. The molecule has 1 N–H and O–H groups in total. The fourth-order valence-corrected chi connectivity index (χ4v) is 2.19. The predicted molar refractivity (Wildman–Crippen MR) is 58.0 cm³/mol. The highest BCUT2D eigenvalue weighted by Crippen LogP contribution is 2.50. The van der Waals surface area contributed by atoms with Crippen molar-refractivity contribution in [3.8, 4) is 0 Å². The Hall–Kier alpha value is -0.820. The topological polar surface area (TPSA) is 20.2 Å². The van der Waals surface area contributed by atoms with Crippen molar-refractivity contribution in [2.24, 2.45) is 11.8 Å². The molecule has 0 amide bonds. The van der Waals surface area contributed by atoms with Crippen molar-refractivity contribution in [1.82, 2.24) is 0 Å². The third kappa shape index (κ3) is 1.69. The first kappa shape index (κ1) is 9.72. The molecule has 0 aliphatic heterocycles. The van der Waals surface area contributed by atoms with Gasteiger partial charge in [-0.15, -0.1) is 0 Å². The summed E-state index contributed by atoms with van der Waals surface area (Å²) in [4.78, 5) is 0. The van der Waals surface area contributed by atoms with Crippen LogP contribution >= 0.6 is 0 Å². The van der Waals surface area contributed by atoms with E-state index in [2.05, 4.69) is 38.1 Å². The Morgan fingerprint density at radius 2 is 2.00 bits per heavy atom. The van der Waals surface area contributed by atoms with Crippen molar-refractivity contribution in [2.75, 3.05) is 0 Å². The maximum absolute atomic E-state index is 10.1. The summed E-state index contributed by atoms with van der Waals surface area (Å²) in [5.41, 5.74) is 0.963. The van der Waals surface area contributed by atoms with Gasteiger partial charge in [0.15, 0.2) is 0 Å². The van der Waals surface area contributed by atoms with Crippen molar-refractivity contribution in [3.63, 3.8) is 0 Å². The summed E-state index contributed by atoms with van der Waals surface area (Å²) < 4.78 is 0. The molecule has 1 aromatic rings. The summed E-state index contributed by atoms with van der Waals surface area (Å²) in [7, 11) is 0. The van der Waals surface area contributed by atoms with Crippen LogP contribution in [0.5, 0.6) is 0 Å². The molecule has 76 valence electrons. The Bertz CT molecular complexity index is 304. The molecule has 0 bridgehead atoms. The van der Waals surface area contributed by atoms with Gasteiger partial charge in [-0.1, -0.05) is 44.2 Å². The fraction of sp³-hybridized carbons (Fsp3) is 0.538. The van der Waals surface area contributed by atoms with Crippen molar-refractivity contribution < 1.29 is 5.11 Å². The molecule has 0 aromatic heterocycles. The van der Waals surface area contributed by atoms with Gasteiger partial charge in [-0.05, 0) is 30.2 Å². The van der Waals surface area contributed by atoms with Crippen LogP contribution in [0.3, 0.4) is 0 Å². The van der Waals surface area contributed by atoms with E-state index in [1.54, 1.807) is 0 Å². The summed E-state index contributed by atoms with van der Waals surface area (Å²) in [5.74, 6) is 0.862. The van der Waals surface area contributed by atoms with E-state index in [0.29, 0.717) is 11.8 Å². The summed E-state index contributed by atoms with van der Waals surface area (Å²) in [6.07, 6.45) is 2.00. The van der Waals surface area contributed by atoms with Crippen LogP contribution < -0.4 is 0 Å². The average molecular weight is 190 g/mol. The van der Waals surface area contributed by atoms with Gasteiger partial charge >= 0.3 is 0 Å². The molecule has 0 heterocycles. The summed E-state index contributed by atoms with van der Waals surface area (Å²) in [6, 6.07) is 10.4. The van der Waals surface area contributed by atoms with Crippen LogP contribution in [0.1, 0.15) is 25.8 Å². The van der Waals surface area contributed by atoms with Crippen molar-refractivity contribution in [3.05, 3.63) is 35.9 Å². The second-order valence-corrected chi connectivity index (χ2v) is 4.74. The van der Waals surface area contributed by atoms with Crippen LogP contribution in [0.2, 0.25) is 0 Å². The molecule has 1 aromatic carbocycles. The molecule has 1 saturated carbocycles. The van der Waals surface area contributed by atoms with Gasteiger partial charge in [-0.25, -0.2) is 0 Å². The van der Waals surface area contributed by atoms with Crippen LogP contribution in [-0.2, 0) is 6.42 Å². The molecule has 1 aliphatic carbocycles. The number of benzene rings is 1. The number of rotatable bonds is 3. The van der Waals surface area contributed by atoms with E-state index in [4.69, 9.17) is 0 Å². The normalized spacial score (nSPS) is 30.7. The maximum atomic E-state index is 10.1. The summed E-state index contributed by atoms with van der Waals surface area (Å²) in [5, 5.41) is 10.1. The quantitative estimate of drug-likeness (QED) is 0.777. The van der Waals surface area contributed by atoms with Gasteiger partial charge in [0.05, 0.1) is 5.60 Å². The van der Waals surface area contributed by atoms with Gasteiger partial charge in [0.25, 0.3) is 0 Å². The molecule has 1 heteroatoms. The molecule has 0 unspecified atom stereocenters. The zero-order valence-electron chi connectivity index (χ0n) is 8.90. The largest absolute Gasteiger partial charge is 0.389 e. The van der Waals surface area contributed by atoms with Gasteiger partial charge in [0.2, 0.25) is 0 Å². The number of hydrogen-bond acceptors (Lipinski definition) is 1. The monoisotopic (exact) mass is 190 g/mol. The van der Waals surface area contributed by atoms with E-state index < -0.39 is 0 Å². The Labute approximate surface area is 85.8 Å². The first-order valence-corrected chi connectivity index (χ1v) is 5.39. The van der Waals surface area contributed by atoms with Crippen LogP contribution in [0.15, 0.2) is 30.3 Å². The van der Waals surface area contributed by atoms with Crippen molar-refractivity contribution in [2.45, 2.75) is 32.3 Å². The smallest absolute Gasteiger partial charge is 0.0706 e. The molecular weight excluding hydrogens is 172 g/mol. The van der Waals surface area contributed by atoms with E-state index in [-0.39, 0.29) is 5.60 Å². The lowest BCUT2D eigenvalue weighted by atomic mass is 9.99. The summed E-state index contributed by atoms with van der Waals surface area (Å²) in [6.45, 7) is 4.20. The lowest BCUT2D eigenvalue weighted by Crippen LogP contribution is -2.19. The van der Waals surface area contributed by atoms with Crippen molar-refractivity contribution in [1.29, 1.82) is 0 Å². The fourth-order valence-electron chi connectivity index (χ4n) is 2.19. The van der Waals surface area contributed by atoms with Crippen LogP contribution in [0.25, 0.3) is 0 Å². The lowest BCUT2D eigenvalue weighted by molar-refractivity contribution is 0.0816. The highest BCUT2D eigenvalue weighted by molar-refractivity contribution is 5.19. The van der Waals surface area contributed by atoms with E-state index >= 15 is 0 Å². The molecule has 1 fully saturated rings. The molecule has 14 heavy (non-hydrogen) atoms. The third-order valence-electron chi connectivity index (χ3n) is 3.44. The van der Waals surface area contributed by atoms with E-state index in [0.717, 1.165) is 12.8 Å². The molecule has 1 nitrogen and oxygen atoms in total. The van der Waals surface area contributed by atoms with E-state index in [1.165, 1.54) is 5.56 Å². The first-order chi connectivity index (χ1) is 6.63. The van der Waals surface area contributed by atoms with Crippen LogP contribution in [0.4, 0.5) is 0 Å². The zero-order valence-corrected chi connectivity index (χ0v) is 8.90. The van der Waals surface area contributed by atoms with Crippen LogP contribution in [-0.4, -0.2) is 10.7 Å². The summed E-state index contributed by atoms with van der Waals surface area (Å²) >= 11 is 0. The van der Waals surface area contributed by atoms with Gasteiger partial charge in [-0.3, -0.25) is 0 Å². The van der Waals surface area contributed by atoms with Gasteiger partial charge in [0, 0.05) is 0 Å². The van der Waals surface area contributed by atoms with Crippen LogP contribution in [0, 0.1) is 11.8 Å². The number of hydrogen-bond donors (Lipinski definition) is 1. The SMILES string of the molecule is CC(C)[C@@]1(O)C[C@H]1Cc1ccccc1. The molecule has 0 radical (unpaired) electrons. The zero-order chi connectivity index (χ0) is 10.2. The first-order valence-electron chi connectivity index (χ1n) is 5.39. The highest BCUT2D eigenvalue weighted by atomic mass is 16.3. The minimum Gasteiger partial charge on any atom is -0.389 e. The maximum Gasteiger partial charge on any atom is 0.0706 e. The molecule has 0 saturated heterocycles. The van der Waals surface area contributed by atoms with E-state index in [1.807, 2.05) is 6.07 Å². The second-order valence-electron chi connectivity index (χ2n) is 4.74. The molecule has 0 spiro atoms. The standard InChI is InChI=1S/C13H18O/c1-10(2)13(14)9-12(13)8-11-6-4-3-5-7-11/h3-7,10,12,14H,8-9H2,1-2H3/t12-,13+/m1/s1. The van der Waals surface area contributed by atoms with Crippen molar-refractivity contribution >= 4 is 0 Å². The minimum atomic E-state index is -0.379. The molecule has 1 aliphatic rings. The van der Waals surface area contributed by atoms with Gasteiger partial charge < -0.3 is 5.11 Å². The van der Waals surface area contributed by atoms with E-state index in [9.17, 15) is 5.11 Å². The lowest BCUT2D eigenvalue weighted by Gasteiger charge is -2.14. The average Bonchev–Trinajstić information content (AvgIpc) is 2.80. The molecule has 2 rings (SSSR count). The Morgan fingerprint density at radius 1 is 1.36 bits per heavy atom. The van der Waals surface area contributed by atoms with Gasteiger partial charge in [0.1, 0.15) is 0 Å². The number of aliphatic hydroxyl groups is 1.